The van der Waals surface area contributed by atoms with Crippen molar-refractivity contribution < 1.29 is 13.5 Å². The number of benzene rings is 1. The van der Waals surface area contributed by atoms with Gasteiger partial charge in [0, 0.05) is 18.1 Å². The van der Waals surface area contributed by atoms with E-state index in [2.05, 4.69) is 9.71 Å². The van der Waals surface area contributed by atoms with Gasteiger partial charge in [-0.05, 0) is 25.0 Å². The van der Waals surface area contributed by atoms with Crippen molar-refractivity contribution in [3.63, 3.8) is 0 Å². The molecule has 0 saturated heterocycles. The molecule has 0 radical (unpaired) electrons. The molecule has 3 rings (SSSR count). The van der Waals surface area contributed by atoms with Crippen LogP contribution in [0.2, 0.25) is 0 Å². The van der Waals surface area contributed by atoms with Crippen LogP contribution < -0.4 is 4.72 Å². The highest BCUT2D eigenvalue weighted by Crippen LogP contribution is 2.30. The summed E-state index contributed by atoms with van der Waals surface area (Å²) >= 11 is 0. The summed E-state index contributed by atoms with van der Waals surface area (Å²) < 4.78 is 26.4. The minimum Gasteiger partial charge on any atom is -0.396 e. The first-order chi connectivity index (χ1) is 9.12. The average molecular weight is 280 g/mol. The lowest BCUT2D eigenvalue weighted by atomic mass is 10.1. The smallest absolute Gasteiger partial charge is 0.263 e. The second kappa shape index (κ2) is 4.61. The fourth-order valence-electron chi connectivity index (χ4n) is 2.80. The number of nitrogens with one attached hydrogen (secondary N) is 1. The summed E-state index contributed by atoms with van der Waals surface area (Å²) in [5, 5.41) is 9.30. The maximum absolute atomic E-state index is 11.9. The molecule has 2 N–H and O–H groups in total. The van der Waals surface area contributed by atoms with Crippen molar-refractivity contribution in [2.75, 3.05) is 6.61 Å². The molecule has 1 fully saturated rings. The van der Waals surface area contributed by atoms with E-state index in [1.54, 1.807) is 24.3 Å². The van der Waals surface area contributed by atoms with Gasteiger partial charge in [-0.3, -0.25) is 9.71 Å². The molecule has 1 heterocycles. The lowest BCUT2D eigenvalue weighted by Gasteiger charge is -2.13. The van der Waals surface area contributed by atoms with E-state index in [0.717, 1.165) is 19.3 Å². The summed E-state index contributed by atoms with van der Waals surface area (Å²) in [6.07, 6.45) is 2.88. The Labute approximate surface area is 112 Å². The van der Waals surface area contributed by atoms with Gasteiger partial charge in [0.05, 0.1) is 10.9 Å². The van der Waals surface area contributed by atoms with Gasteiger partial charge in [-0.2, -0.15) is 0 Å². The first-order valence-electron chi connectivity index (χ1n) is 6.43. The number of fused-ring (bicyclic) bond motifs is 1. The van der Waals surface area contributed by atoms with E-state index in [-0.39, 0.29) is 23.5 Å². The van der Waals surface area contributed by atoms with Crippen molar-refractivity contribution in [3.8, 4) is 0 Å². The largest absolute Gasteiger partial charge is 0.396 e. The molecule has 1 aromatic rings. The summed E-state index contributed by atoms with van der Waals surface area (Å²) in [6.45, 7) is 0.107. The molecule has 1 saturated carbocycles. The Bertz CT molecular complexity index is 625. The molecule has 1 aliphatic heterocycles. The number of aliphatic hydroxyl groups is 1. The van der Waals surface area contributed by atoms with E-state index in [0.29, 0.717) is 11.4 Å². The van der Waals surface area contributed by atoms with E-state index in [4.69, 9.17) is 0 Å². The van der Waals surface area contributed by atoms with Gasteiger partial charge in [-0.1, -0.05) is 18.6 Å². The zero-order chi connectivity index (χ0) is 13.5. The lowest BCUT2D eigenvalue weighted by Crippen LogP contribution is -2.26. The van der Waals surface area contributed by atoms with E-state index in [9.17, 15) is 13.5 Å². The number of hydrogen-bond acceptors (Lipinski definition) is 4. The topological polar surface area (TPSA) is 78.8 Å². The standard InChI is InChI=1S/C13H16N2O3S/c16-8-9-4-3-6-11(9)14-13-10-5-1-2-7-12(10)19(17,18)15-13/h1-2,5,7,9,11,16H,3-4,6,8H2,(H,14,15). The minimum atomic E-state index is -3.46. The minimum absolute atomic E-state index is 0.00820. The van der Waals surface area contributed by atoms with E-state index in [1.807, 2.05) is 0 Å². The lowest BCUT2D eigenvalue weighted by molar-refractivity contribution is 0.219. The van der Waals surface area contributed by atoms with E-state index >= 15 is 0 Å². The van der Waals surface area contributed by atoms with Crippen molar-refractivity contribution >= 4 is 15.9 Å². The Morgan fingerprint density at radius 3 is 2.89 bits per heavy atom. The zero-order valence-corrected chi connectivity index (χ0v) is 11.2. The quantitative estimate of drug-likeness (QED) is 0.844. The Morgan fingerprint density at radius 2 is 2.11 bits per heavy atom. The van der Waals surface area contributed by atoms with E-state index < -0.39 is 10.0 Å². The normalized spacial score (nSPS) is 30.3. The molecule has 1 aliphatic carbocycles. The van der Waals surface area contributed by atoms with Crippen molar-refractivity contribution in [3.05, 3.63) is 29.8 Å². The Hall–Kier alpha value is -1.40. The third-order valence-corrected chi connectivity index (χ3v) is 5.21. The predicted octanol–water partition coefficient (Wildman–Crippen LogP) is 0.886. The van der Waals surface area contributed by atoms with Crippen LogP contribution in [0.15, 0.2) is 34.2 Å². The monoisotopic (exact) mass is 280 g/mol. The second-order valence-electron chi connectivity index (χ2n) is 5.02. The van der Waals surface area contributed by atoms with Crippen molar-refractivity contribution in [1.29, 1.82) is 0 Å². The van der Waals surface area contributed by atoms with Gasteiger partial charge in [0.2, 0.25) is 0 Å². The number of amidine groups is 1. The van der Waals surface area contributed by atoms with Gasteiger partial charge in [0.25, 0.3) is 10.0 Å². The van der Waals surface area contributed by atoms with Gasteiger partial charge in [0.15, 0.2) is 0 Å². The molecule has 0 aromatic heterocycles. The predicted molar refractivity (Wildman–Crippen MR) is 71.5 cm³/mol. The van der Waals surface area contributed by atoms with Gasteiger partial charge in [-0.15, -0.1) is 0 Å². The first kappa shape index (κ1) is 12.6. The zero-order valence-electron chi connectivity index (χ0n) is 10.4. The van der Waals surface area contributed by atoms with Gasteiger partial charge in [-0.25, -0.2) is 8.42 Å². The Morgan fingerprint density at radius 1 is 1.32 bits per heavy atom. The van der Waals surface area contributed by atoms with Gasteiger partial charge < -0.3 is 5.11 Å². The molecule has 5 nitrogen and oxygen atoms in total. The highest BCUT2D eigenvalue weighted by atomic mass is 32.2. The molecule has 0 amide bonds. The molecule has 0 bridgehead atoms. The first-order valence-corrected chi connectivity index (χ1v) is 7.91. The summed E-state index contributed by atoms with van der Waals surface area (Å²) in [5.41, 5.74) is 0.631. The SMILES string of the molecule is O=S1(=O)NC(=NC2CCCC2CO)c2ccccc21. The van der Waals surface area contributed by atoms with Crippen LogP contribution in [0.3, 0.4) is 0 Å². The molecule has 19 heavy (non-hydrogen) atoms. The van der Waals surface area contributed by atoms with Crippen molar-refractivity contribution in [2.45, 2.75) is 30.2 Å². The number of nitrogens with zero attached hydrogens (tertiary/aromatic N) is 1. The highest BCUT2D eigenvalue weighted by molar-refractivity contribution is 7.90. The van der Waals surface area contributed by atoms with Crippen LogP contribution >= 0.6 is 0 Å². The fourth-order valence-corrected chi connectivity index (χ4v) is 4.03. The van der Waals surface area contributed by atoms with Crippen LogP contribution in [-0.4, -0.2) is 32.0 Å². The maximum Gasteiger partial charge on any atom is 0.263 e. The third kappa shape index (κ3) is 2.15. The number of rotatable bonds is 2. The van der Waals surface area contributed by atoms with E-state index in [1.165, 1.54) is 0 Å². The van der Waals surface area contributed by atoms with Gasteiger partial charge >= 0.3 is 0 Å². The summed E-state index contributed by atoms with van der Waals surface area (Å²) in [7, 11) is -3.46. The van der Waals surface area contributed by atoms with Crippen molar-refractivity contribution in [2.24, 2.45) is 10.9 Å². The molecule has 2 aliphatic rings. The second-order valence-corrected chi connectivity index (χ2v) is 6.67. The Balaban J connectivity index is 2.00. The van der Waals surface area contributed by atoms with Gasteiger partial charge in [0.1, 0.15) is 5.84 Å². The molecular formula is C13H16N2O3S. The maximum atomic E-state index is 11.9. The molecule has 2 atom stereocenters. The van der Waals surface area contributed by atoms with Crippen LogP contribution in [0.1, 0.15) is 24.8 Å². The number of aliphatic hydroxyl groups excluding tert-OH is 1. The highest BCUT2D eigenvalue weighted by Gasteiger charge is 2.33. The molecule has 6 heteroatoms. The molecular weight excluding hydrogens is 264 g/mol. The van der Waals surface area contributed by atoms with Crippen molar-refractivity contribution in [1.82, 2.24) is 4.72 Å². The Kier molecular flexibility index (Phi) is 3.06. The molecule has 0 spiro atoms. The summed E-state index contributed by atoms with van der Waals surface area (Å²) in [5.74, 6) is 0.561. The number of hydrogen-bond donors (Lipinski definition) is 2. The fraction of sp³-hybridized carbons (Fsp3) is 0.462. The average Bonchev–Trinajstić information content (AvgIpc) is 2.94. The summed E-state index contributed by atoms with van der Waals surface area (Å²) in [6, 6.07) is 6.85. The molecule has 102 valence electrons. The van der Waals surface area contributed by atoms with Crippen LogP contribution in [0.4, 0.5) is 0 Å². The van der Waals surface area contributed by atoms with Crippen LogP contribution in [0, 0.1) is 5.92 Å². The van der Waals surface area contributed by atoms with Crippen LogP contribution in [-0.2, 0) is 10.0 Å². The van der Waals surface area contributed by atoms with Crippen LogP contribution in [0.25, 0.3) is 0 Å². The number of sulfonamides is 1. The summed E-state index contributed by atoms with van der Waals surface area (Å²) in [4.78, 5) is 4.82. The third-order valence-electron chi connectivity index (χ3n) is 3.81. The number of aliphatic imine (C=N–C) groups is 1. The van der Waals surface area contributed by atoms with Crippen LogP contribution in [0.5, 0.6) is 0 Å². The molecule has 2 unspecified atom stereocenters. The molecule has 1 aromatic carbocycles.